The Bertz CT molecular complexity index is 601. The number of aryl methyl sites for hydroxylation is 1. The van der Waals surface area contributed by atoms with Crippen molar-refractivity contribution in [3.8, 4) is 0 Å². The van der Waals surface area contributed by atoms with Gasteiger partial charge in [-0.2, -0.15) is 4.31 Å². The number of rotatable bonds is 7. The zero-order chi connectivity index (χ0) is 16.0. The molecule has 0 bridgehead atoms. The molecule has 0 aliphatic heterocycles. The lowest BCUT2D eigenvalue weighted by atomic mass is 10.2. The van der Waals surface area contributed by atoms with Gasteiger partial charge >= 0.3 is 5.97 Å². The number of ether oxygens (including phenoxy) is 1. The van der Waals surface area contributed by atoms with Crippen LogP contribution in [0.15, 0.2) is 23.1 Å². The predicted molar refractivity (Wildman–Crippen MR) is 76.8 cm³/mol. The maximum atomic E-state index is 13.3. The van der Waals surface area contributed by atoms with Gasteiger partial charge in [-0.3, -0.25) is 4.79 Å². The topological polar surface area (TPSA) is 63.7 Å². The first-order valence-corrected chi connectivity index (χ1v) is 8.18. The molecule has 21 heavy (non-hydrogen) atoms. The Labute approximate surface area is 124 Å². The molecule has 118 valence electrons. The molecule has 0 saturated carbocycles. The summed E-state index contributed by atoms with van der Waals surface area (Å²) in [6.07, 6.45) is 0.554. The fourth-order valence-corrected chi connectivity index (χ4v) is 3.37. The molecule has 0 aromatic heterocycles. The van der Waals surface area contributed by atoms with Gasteiger partial charge in [0.25, 0.3) is 0 Å². The molecule has 1 aromatic rings. The number of halogens is 1. The molecule has 0 fully saturated rings. The highest BCUT2D eigenvalue weighted by Gasteiger charge is 2.26. The molecule has 0 spiro atoms. The standard InChI is InChI=1S/C14H20FNO4S/c1-4-8-16(10-14(17)20-5-2)21(18,19)12-6-7-13(15)11(3)9-12/h6-7,9H,4-5,8,10H2,1-3H3. The summed E-state index contributed by atoms with van der Waals surface area (Å²) in [6, 6.07) is 3.57. The van der Waals surface area contributed by atoms with Crippen LogP contribution in [-0.2, 0) is 19.6 Å². The summed E-state index contributed by atoms with van der Waals surface area (Å²) < 4.78 is 44.1. The molecule has 0 N–H and O–H groups in total. The van der Waals surface area contributed by atoms with E-state index >= 15 is 0 Å². The molecule has 0 aliphatic carbocycles. The van der Waals surface area contributed by atoms with Gasteiger partial charge in [-0.25, -0.2) is 12.8 Å². The minimum Gasteiger partial charge on any atom is -0.465 e. The average Bonchev–Trinajstić information content (AvgIpc) is 2.41. The van der Waals surface area contributed by atoms with E-state index in [1.165, 1.54) is 19.1 Å². The van der Waals surface area contributed by atoms with Crippen molar-refractivity contribution in [1.29, 1.82) is 0 Å². The Morgan fingerprint density at radius 2 is 2.00 bits per heavy atom. The number of esters is 1. The van der Waals surface area contributed by atoms with Crippen LogP contribution in [0.4, 0.5) is 4.39 Å². The second-order valence-electron chi connectivity index (χ2n) is 4.55. The molecule has 0 aliphatic rings. The van der Waals surface area contributed by atoms with E-state index in [1.54, 1.807) is 6.92 Å². The van der Waals surface area contributed by atoms with Crippen LogP contribution in [0.1, 0.15) is 25.8 Å². The van der Waals surface area contributed by atoms with Crippen molar-refractivity contribution in [2.75, 3.05) is 19.7 Å². The lowest BCUT2D eigenvalue weighted by Crippen LogP contribution is -2.37. The highest BCUT2D eigenvalue weighted by Crippen LogP contribution is 2.19. The third kappa shape index (κ3) is 4.50. The summed E-state index contributed by atoms with van der Waals surface area (Å²) in [6.45, 7) is 4.99. The van der Waals surface area contributed by atoms with Crippen LogP contribution in [0.25, 0.3) is 0 Å². The van der Waals surface area contributed by atoms with Gasteiger partial charge in [0.15, 0.2) is 0 Å². The van der Waals surface area contributed by atoms with Crippen LogP contribution in [0.3, 0.4) is 0 Å². The highest BCUT2D eigenvalue weighted by atomic mass is 32.2. The van der Waals surface area contributed by atoms with E-state index in [1.807, 2.05) is 6.92 Å². The predicted octanol–water partition coefficient (Wildman–Crippen LogP) is 2.10. The normalized spacial score (nSPS) is 11.7. The van der Waals surface area contributed by atoms with Crippen molar-refractivity contribution in [3.63, 3.8) is 0 Å². The second-order valence-corrected chi connectivity index (χ2v) is 6.49. The Balaban J connectivity index is 3.09. The Hall–Kier alpha value is -1.47. The summed E-state index contributed by atoms with van der Waals surface area (Å²) in [5, 5.41) is 0. The van der Waals surface area contributed by atoms with Crippen LogP contribution in [-0.4, -0.2) is 38.4 Å². The number of hydrogen-bond donors (Lipinski definition) is 0. The lowest BCUT2D eigenvalue weighted by Gasteiger charge is -2.21. The summed E-state index contributed by atoms with van der Waals surface area (Å²) in [5.74, 6) is -1.07. The van der Waals surface area contributed by atoms with Crippen LogP contribution in [0.5, 0.6) is 0 Å². The van der Waals surface area contributed by atoms with Gasteiger partial charge in [-0.1, -0.05) is 6.92 Å². The Morgan fingerprint density at radius 1 is 1.33 bits per heavy atom. The van der Waals surface area contributed by atoms with Crippen LogP contribution in [0, 0.1) is 12.7 Å². The number of benzene rings is 1. The molecule has 1 rings (SSSR count). The smallest absolute Gasteiger partial charge is 0.321 e. The zero-order valence-electron chi connectivity index (χ0n) is 12.4. The second kappa shape index (κ2) is 7.51. The largest absolute Gasteiger partial charge is 0.465 e. The number of carbonyl (C=O) groups excluding carboxylic acids is 1. The average molecular weight is 317 g/mol. The first-order chi connectivity index (χ1) is 9.82. The van der Waals surface area contributed by atoms with Crippen molar-refractivity contribution in [1.82, 2.24) is 4.31 Å². The summed E-state index contributed by atoms with van der Waals surface area (Å²) >= 11 is 0. The molecule has 0 amide bonds. The molecule has 0 unspecified atom stereocenters. The first-order valence-electron chi connectivity index (χ1n) is 6.74. The SMILES string of the molecule is CCCN(CC(=O)OCC)S(=O)(=O)c1ccc(F)c(C)c1. The molecular formula is C14H20FNO4S. The third-order valence-corrected chi connectivity index (χ3v) is 4.69. The van der Waals surface area contributed by atoms with Gasteiger partial charge in [-0.05, 0) is 44.0 Å². The Morgan fingerprint density at radius 3 is 2.52 bits per heavy atom. The van der Waals surface area contributed by atoms with Gasteiger partial charge in [0.05, 0.1) is 11.5 Å². The monoisotopic (exact) mass is 317 g/mol. The minimum absolute atomic E-state index is 0.0286. The molecule has 1 aromatic carbocycles. The van der Waals surface area contributed by atoms with Gasteiger partial charge in [0, 0.05) is 6.54 Å². The molecule has 5 nitrogen and oxygen atoms in total. The molecule has 0 radical (unpaired) electrons. The molecule has 0 saturated heterocycles. The third-order valence-electron chi connectivity index (χ3n) is 2.85. The molecule has 7 heteroatoms. The van der Waals surface area contributed by atoms with E-state index in [4.69, 9.17) is 4.74 Å². The van der Waals surface area contributed by atoms with E-state index in [0.717, 1.165) is 10.4 Å². The van der Waals surface area contributed by atoms with E-state index < -0.39 is 21.8 Å². The molecular weight excluding hydrogens is 297 g/mol. The quantitative estimate of drug-likeness (QED) is 0.723. The van der Waals surface area contributed by atoms with Crippen molar-refractivity contribution in [3.05, 3.63) is 29.6 Å². The highest BCUT2D eigenvalue weighted by molar-refractivity contribution is 7.89. The Kier molecular flexibility index (Phi) is 6.29. The van der Waals surface area contributed by atoms with E-state index in [-0.39, 0.29) is 30.2 Å². The fraction of sp³-hybridized carbons (Fsp3) is 0.500. The van der Waals surface area contributed by atoms with Crippen LogP contribution < -0.4 is 0 Å². The summed E-state index contributed by atoms with van der Waals surface area (Å²) in [7, 11) is -3.85. The van der Waals surface area contributed by atoms with Gasteiger partial charge in [0.1, 0.15) is 12.4 Å². The van der Waals surface area contributed by atoms with E-state index in [0.29, 0.717) is 6.42 Å². The zero-order valence-corrected chi connectivity index (χ0v) is 13.2. The van der Waals surface area contributed by atoms with Crippen molar-refractivity contribution in [2.45, 2.75) is 32.1 Å². The minimum atomic E-state index is -3.85. The maximum absolute atomic E-state index is 13.3. The summed E-state index contributed by atoms with van der Waals surface area (Å²) in [5.41, 5.74) is 0.239. The molecule has 0 heterocycles. The van der Waals surface area contributed by atoms with Gasteiger partial charge in [-0.15, -0.1) is 0 Å². The number of nitrogens with zero attached hydrogens (tertiary/aromatic N) is 1. The lowest BCUT2D eigenvalue weighted by molar-refractivity contribution is -0.143. The fourth-order valence-electron chi connectivity index (χ4n) is 1.81. The van der Waals surface area contributed by atoms with Crippen LogP contribution >= 0.6 is 0 Å². The van der Waals surface area contributed by atoms with Crippen molar-refractivity contribution >= 4 is 16.0 Å². The van der Waals surface area contributed by atoms with Gasteiger partial charge in [0.2, 0.25) is 10.0 Å². The maximum Gasteiger partial charge on any atom is 0.321 e. The summed E-state index contributed by atoms with van der Waals surface area (Å²) in [4.78, 5) is 11.5. The van der Waals surface area contributed by atoms with E-state index in [9.17, 15) is 17.6 Å². The first kappa shape index (κ1) is 17.6. The number of carbonyl (C=O) groups is 1. The molecule has 0 atom stereocenters. The van der Waals surface area contributed by atoms with Crippen molar-refractivity contribution in [2.24, 2.45) is 0 Å². The van der Waals surface area contributed by atoms with Crippen molar-refractivity contribution < 1.29 is 22.3 Å². The number of hydrogen-bond acceptors (Lipinski definition) is 4. The van der Waals surface area contributed by atoms with E-state index in [2.05, 4.69) is 0 Å². The van der Waals surface area contributed by atoms with Gasteiger partial charge < -0.3 is 4.74 Å². The van der Waals surface area contributed by atoms with Crippen LogP contribution in [0.2, 0.25) is 0 Å². The number of sulfonamides is 1.